The third-order valence-corrected chi connectivity index (χ3v) is 5.81. The summed E-state index contributed by atoms with van der Waals surface area (Å²) in [6.45, 7) is 0. The van der Waals surface area contributed by atoms with E-state index in [0.29, 0.717) is 30.3 Å². The first-order valence-electron chi connectivity index (χ1n) is 8.00. The summed E-state index contributed by atoms with van der Waals surface area (Å²) >= 11 is 0. The molecule has 1 aromatic heterocycles. The summed E-state index contributed by atoms with van der Waals surface area (Å²) in [7, 11) is -3.56. The molecule has 24 heavy (non-hydrogen) atoms. The van der Waals surface area contributed by atoms with E-state index >= 15 is 0 Å². The van der Waals surface area contributed by atoms with Gasteiger partial charge in [0.25, 0.3) is 0 Å². The summed E-state index contributed by atoms with van der Waals surface area (Å²) in [5.41, 5.74) is 1.32. The normalized spacial score (nSPS) is 21.7. The Hall–Kier alpha value is -1.99. The highest BCUT2D eigenvalue weighted by Gasteiger charge is 2.29. The maximum absolute atomic E-state index is 12.5. The van der Waals surface area contributed by atoms with Gasteiger partial charge in [0.15, 0.2) is 0 Å². The number of aliphatic carboxylic acids is 1. The fraction of sp³-hybridized carbons (Fsp3) is 0.412. The number of rotatable bonds is 5. The molecule has 1 saturated carbocycles. The molecule has 0 radical (unpaired) electrons. The molecule has 0 spiro atoms. The Morgan fingerprint density at radius 3 is 2.83 bits per heavy atom. The molecule has 6 nitrogen and oxygen atoms in total. The molecule has 1 aliphatic carbocycles. The molecule has 0 amide bonds. The Morgan fingerprint density at radius 1 is 1.25 bits per heavy atom. The van der Waals surface area contributed by atoms with Gasteiger partial charge in [0.1, 0.15) is 0 Å². The standard InChI is InChI=1S/C17H20N2O4S/c20-17(21)13-5-2-8-15(10-13)19-24(22,23)11-14-6-1-4-12-7-3-9-18-16(12)14/h1,3-4,6-7,9,13,15,19H,2,5,8,10-11H2,(H,20,21)/t13-,15+/m1/s1. The summed E-state index contributed by atoms with van der Waals surface area (Å²) in [6, 6.07) is 8.86. The van der Waals surface area contributed by atoms with Crippen LogP contribution in [0, 0.1) is 5.92 Å². The number of nitrogens with one attached hydrogen (secondary N) is 1. The number of para-hydroxylation sites is 1. The van der Waals surface area contributed by atoms with Crippen molar-refractivity contribution < 1.29 is 18.3 Å². The van der Waals surface area contributed by atoms with E-state index in [9.17, 15) is 13.2 Å². The predicted octanol–water partition coefficient (Wildman–Crippen LogP) is 2.30. The van der Waals surface area contributed by atoms with Crippen LogP contribution in [0.3, 0.4) is 0 Å². The second kappa shape index (κ2) is 6.86. The minimum absolute atomic E-state index is 0.157. The lowest BCUT2D eigenvalue weighted by molar-refractivity contribution is -0.143. The summed E-state index contributed by atoms with van der Waals surface area (Å²) in [6.07, 6.45) is 4.00. The van der Waals surface area contributed by atoms with Gasteiger partial charge in [-0.05, 0) is 30.9 Å². The number of carboxylic acid groups (broad SMARTS) is 1. The van der Waals surface area contributed by atoms with Crippen molar-refractivity contribution in [3.05, 3.63) is 42.1 Å². The SMILES string of the molecule is O=C(O)[C@@H]1CCC[C@H](NS(=O)(=O)Cc2cccc3cccnc23)C1. The van der Waals surface area contributed by atoms with Crippen LogP contribution in [-0.4, -0.2) is 30.5 Å². The lowest BCUT2D eigenvalue weighted by atomic mass is 9.86. The van der Waals surface area contributed by atoms with Gasteiger partial charge in [-0.1, -0.05) is 30.7 Å². The smallest absolute Gasteiger partial charge is 0.306 e. The average molecular weight is 348 g/mol. The van der Waals surface area contributed by atoms with E-state index in [1.165, 1.54) is 0 Å². The van der Waals surface area contributed by atoms with Crippen LogP contribution in [0.15, 0.2) is 36.5 Å². The van der Waals surface area contributed by atoms with Gasteiger partial charge in [0.2, 0.25) is 10.0 Å². The van der Waals surface area contributed by atoms with Crippen molar-refractivity contribution in [2.75, 3.05) is 0 Å². The molecule has 2 atom stereocenters. The van der Waals surface area contributed by atoms with Crippen LogP contribution in [0.5, 0.6) is 0 Å². The van der Waals surface area contributed by atoms with Crippen molar-refractivity contribution in [1.82, 2.24) is 9.71 Å². The highest BCUT2D eigenvalue weighted by molar-refractivity contribution is 7.88. The maximum atomic E-state index is 12.5. The molecule has 0 saturated heterocycles. The zero-order valence-corrected chi connectivity index (χ0v) is 14.0. The largest absolute Gasteiger partial charge is 0.481 e. The van der Waals surface area contributed by atoms with Gasteiger partial charge in [0.05, 0.1) is 17.2 Å². The summed E-state index contributed by atoms with van der Waals surface area (Å²) in [4.78, 5) is 15.4. The fourth-order valence-electron chi connectivity index (χ4n) is 3.31. The fourth-order valence-corrected chi connectivity index (χ4v) is 4.75. The summed E-state index contributed by atoms with van der Waals surface area (Å²) in [5, 5.41) is 10.0. The van der Waals surface area contributed by atoms with Crippen LogP contribution in [0.4, 0.5) is 0 Å². The van der Waals surface area contributed by atoms with Gasteiger partial charge in [-0.15, -0.1) is 0 Å². The highest BCUT2D eigenvalue weighted by atomic mass is 32.2. The minimum Gasteiger partial charge on any atom is -0.481 e. The van der Waals surface area contributed by atoms with Crippen molar-refractivity contribution in [1.29, 1.82) is 0 Å². The third-order valence-electron chi connectivity index (χ3n) is 4.43. The van der Waals surface area contributed by atoms with E-state index in [1.54, 1.807) is 12.3 Å². The molecule has 0 aliphatic heterocycles. The zero-order valence-electron chi connectivity index (χ0n) is 13.2. The minimum atomic E-state index is -3.56. The number of pyridine rings is 1. The Bertz CT molecular complexity index is 845. The van der Waals surface area contributed by atoms with E-state index in [0.717, 1.165) is 11.8 Å². The first-order valence-corrected chi connectivity index (χ1v) is 9.65. The number of sulfonamides is 1. The topological polar surface area (TPSA) is 96.4 Å². The van der Waals surface area contributed by atoms with Gasteiger partial charge in [-0.3, -0.25) is 9.78 Å². The molecule has 0 unspecified atom stereocenters. The third kappa shape index (κ3) is 3.91. The van der Waals surface area contributed by atoms with Crippen LogP contribution in [0.25, 0.3) is 10.9 Å². The van der Waals surface area contributed by atoms with Crippen molar-refractivity contribution in [3.63, 3.8) is 0 Å². The highest BCUT2D eigenvalue weighted by Crippen LogP contribution is 2.25. The van der Waals surface area contributed by atoms with E-state index in [2.05, 4.69) is 9.71 Å². The van der Waals surface area contributed by atoms with Crippen molar-refractivity contribution in [3.8, 4) is 0 Å². The van der Waals surface area contributed by atoms with Crippen LogP contribution in [-0.2, 0) is 20.6 Å². The number of carbonyl (C=O) groups is 1. The van der Waals surface area contributed by atoms with E-state index in [1.807, 2.05) is 24.3 Å². The second-order valence-corrected chi connectivity index (χ2v) is 8.02. The first-order chi connectivity index (χ1) is 11.4. The number of fused-ring (bicyclic) bond motifs is 1. The first kappa shape index (κ1) is 16.9. The number of carboxylic acids is 1. The average Bonchev–Trinajstić information content (AvgIpc) is 2.54. The van der Waals surface area contributed by atoms with E-state index in [-0.39, 0.29) is 11.8 Å². The van der Waals surface area contributed by atoms with Gasteiger partial charge in [0, 0.05) is 17.6 Å². The second-order valence-electron chi connectivity index (χ2n) is 6.27. The molecular weight excluding hydrogens is 328 g/mol. The molecule has 1 aliphatic rings. The number of benzene rings is 1. The number of hydrogen-bond acceptors (Lipinski definition) is 4. The molecule has 3 rings (SSSR count). The molecule has 2 N–H and O–H groups in total. The molecule has 1 heterocycles. The van der Waals surface area contributed by atoms with Crippen molar-refractivity contribution >= 4 is 26.9 Å². The predicted molar refractivity (Wildman–Crippen MR) is 90.9 cm³/mol. The Balaban J connectivity index is 1.75. The molecule has 0 bridgehead atoms. The lowest BCUT2D eigenvalue weighted by Gasteiger charge is -2.27. The number of hydrogen-bond donors (Lipinski definition) is 2. The lowest BCUT2D eigenvalue weighted by Crippen LogP contribution is -2.40. The van der Waals surface area contributed by atoms with Gasteiger partial charge in [-0.2, -0.15) is 0 Å². The molecule has 7 heteroatoms. The quantitative estimate of drug-likeness (QED) is 0.864. The van der Waals surface area contributed by atoms with Gasteiger partial charge < -0.3 is 5.11 Å². The van der Waals surface area contributed by atoms with Crippen LogP contribution >= 0.6 is 0 Å². The van der Waals surface area contributed by atoms with Crippen molar-refractivity contribution in [2.45, 2.75) is 37.5 Å². The van der Waals surface area contributed by atoms with Crippen LogP contribution < -0.4 is 4.72 Å². The van der Waals surface area contributed by atoms with Crippen molar-refractivity contribution in [2.24, 2.45) is 5.92 Å². The van der Waals surface area contributed by atoms with Crippen LogP contribution in [0.1, 0.15) is 31.2 Å². The molecule has 1 aromatic carbocycles. The Kier molecular flexibility index (Phi) is 4.82. The van der Waals surface area contributed by atoms with Gasteiger partial charge >= 0.3 is 5.97 Å². The Morgan fingerprint density at radius 2 is 2.04 bits per heavy atom. The monoisotopic (exact) mass is 348 g/mol. The molecule has 128 valence electrons. The van der Waals surface area contributed by atoms with Crippen LogP contribution in [0.2, 0.25) is 0 Å². The Labute approximate surface area is 141 Å². The van der Waals surface area contributed by atoms with E-state index in [4.69, 9.17) is 5.11 Å². The van der Waals surface area contributed by atoms with Gasteiger partial charge in [-0.25, -0.2) is 13.1 Å². The zero-order chi connectivity index (χ0) is 17.2. The maximum Gasteiger partial charge on any atom is 0.306 e. The number of aromatic nitrogens is 1. The molecular formula is C17H20N2O4S. The van der Waals surface area contributed by atoms with E-state index < -0.39 is 21.9 Å². The summed E-state index contributed by atoms with van der Waals surface area (Å²) in [5.74, 6) is -1.47. The summed E-state index contributed by atoms with van der Waals surface area (Å²) < 4.78 is 27.7. The number of nitrogens with zero attached hydrogens (tertiary/aromatic N) is 1. The molecule has 2 aromatic rings. The molecule has 1 fully saturated rings.